The minimum Gasteiger partial charge on any atom is -0.325 e. The van der Waals surface area contributed by atoms with Crippen molar-refractivity contribution in [2.45, 2.75) is 20.8 Å². The highest BCUT2D eigenvalue weighted by Crippen LogP contribution is 2.25. The lowest BCUT2D eigenvalue weighted by Gasteiger charge is -2.09. The Balaban J connectivity index is 2.37. The van der Waals surface area contributed by atoms with Crippen LogP contribution in [0.2, 0.25) is 0 Å². The maximum atomic E-state index is 11.2. The Morgan fingerprint density at radius 2 is 1.71 bits per heavy atom. The van der Waals surface area contributed by atoms with Crippen molar-refractivity contribution < 1.29 is 9.59 Å². The minimum atomic E-state index is -0.180. The zero-order valence-electron chi connectivity index (χ0n) is 12.1. The number of hydrogen-bond acceptors (Lipinski definition) is 4. The van der Waals surface area contributed by atoms with Gasteiger partial charge in [-0.3, -0.25) is 14.6 Å². The molecule has 2 aromatic rings. The molecule has 2 heterocycles. The molecule has 2 N–H and O–H groups in total. The van der Waals surface area contributed by atoms with E-state index in [0.717, 1.165) is 16.8 Å². The summed E-state index contributed by atoms with van der Waals surface area (Å²) < 4.78 is 0. The van der Waals surface area contributed by atoms with Crippen molar-refractivity contribution in [3.05, 3.63) is 36.3 Å². The minimum absolute atomic E-state index is 0.147. The van der Waals surface area contributed by atoms with Gasteiger partial charge in [-0.1, -0.05) is 0 Å². The Morgan fingerprint density at radius 1 is 1.00 bits per heavy atom. The SMILES string of the molecule is CC(=O)Nc1cc(-c2cnc(C)c(NC(C)=O)c2)ccn1. The molecule has 0 unspecified atom stereocenters. The Bertz CT molecular complexity index is 698. The van der Waals surface area contributed by atoms with Crippen molar-refractivity contribution in [1.82, 2.24) is 9.97 Å². The largest absolute Gasteiger partial charge is 0.325 e. The van der Waals surface area contributed by atoms with Gasteiger partial charge >= 0.3 is 0 Å². The van der Waals surface area contributed by atoms with Gasteiger partial charge < -0.3 is 10.6 Å². The molecular formula is C15H16N4O2. The van der Waals surface area contributed by atoms with Crippen LogP contribution in [0.3, 0.4) is 0 Å². The van der Waals surface area contributed by atoms with E-state index in [-0.39, 0.29) is 11.8 Å². The highest BCUT2D eigenvalue weighted by Gasteiger charge is 2.07. The highest BCUT2D eigenvalue weighted by atomic mass is 16.2. The van der Waals surface area contributed by atoms with E-state index in [9.17, 15) is 9.59 Å². The second-order valence-corrected chi connectivity index (χ2v) is 4.65. The smallest absolute Gasteiger partial charge is 0.222 e. The molecule has 0 atom stereocenters. The van der Waals surface area contributed by atoms with Crippen LogP contribution in [0.1, 0.15) is 19.5 Å². The van der Waals surface area contributed by atoms with E-state index in [1.165, 1.54) is 13.8 Å². The molecule has 2 amide bonds. The van der Waals surface area contributed by atoms with Gasteiger partial charge in [-0.25, -0.2) is 4.98 Å². The van der Waals surface area contributed by atoms with Crippen molar-refractivity contribution in [3.8, 4) is 11.1 Å². The van der Waals surface area contributed by atoms with E-state index >= 15 is 0 Å². The first-order valence-electron chi connectivity index (χ1n) is 6.44. The lowest BCUT2D eigenvalue weighted by atomic mass is 10.1. The van der Waals surface area contributed by atoms with Crippen LogP contribution in [0, 0.1) is 6.92 Å². The van der Waals surface area contributed by atoms with Crippen molar-refractivity contribution >= 4 is 23.3 Å². The van der Waals surface area contributed by atoms with Gasteiger partial charge in [0.1, 0.15) is 5.82 Å². The van der Waals surface area contributed by atoms with E-state index in [2.05, 4.69) is 20.6 Å². The predicted molar refractivity (Wildman–Crippen MR) is 80.8 cm³/mol. The first-order chi connectivity index (χ1) is 9.95. The number of amides is 2. The highest BCUT2D eigenvalue weighted by molar-refractivity contribution is 5.90. The summed E-state index contributed by atoms with van der Waals surface area (Å²) in [5.41, 5.74) is 3.09. The molecule has 0 spiro atoms. The predicted octanol–water partition coefficient (Wildman–Crippen LogP) is 2.37. The lowest BCUT2D eigenvalue weighted by molar-refractivity contribution is -0.115. The van der Waals surface area contributed by atoms with Crippen molar-refractivity contribution in [2.75, 3.05) is 10.6 Å². The summed E-state index contributed by atoms with van der Waals surface area (Å²) in [4.78, 5) is 30.6. The van der Waals surface area contributed by atoms with Gasteiger partial charge in [0.2, 0.25) is 11.8 Å². The fourth-order valence-electron chi connectivity index (χ4n) is 1.87. The number of carbonyl (C=O) groups excluding carboxylic acids is 2. The summed E-state index contributed by atoms with van der Waals surface area (Å²) in [6.07, 6.45) is 3.33. The molecule has 21 heavy (non-hydrogen) atoms. The molecule has 0 radical (unpaired) electrons. The molecule has 6 heteroatoms. The van der Waals surface area contributed by atoms with E-state index in [4.69, 9.17) is 0 Å². The molecular weight excluding hydrogens is 268 g/mol. The van der Waals surface area contributed by atoms with Gasteiger partial charge in [-0.15, -0.1) is 0 Å². The quantitative estimate of drug-likeness (QED) is 0.906. The fourth-order valence-corrected chi connectivity index (χ4v) is 1.87. The third-order valence-electron chi connectivity index (χ3n) is 2.79. The number of pyridine rings is 2. The standard InChI is InChI=1S/C15H16N4O2/c1-9-14(18-10(2)20)6-13(8-17-9)12-4-5-16-15(7-12)19-11(3)21/h4-8H,1-3H3,(H,18,20)(H,16,19,21). The monoisotopic (exact) mass is 284 g/mol. The first-order valence-corrected chi connectivity index (χ1v) is 6.44. The number of anilines is 2. The van der Waals surface area contributed by atoms with Crippen molar-refractivity contribution in [2.24, 2.45) is 0 Å². The van der Waals surface area contributed by atoms with Crippen LogP contribution in [-0.4, -0.2) is 21.8 Å². The Labute approximate surface area is 122 Å². The summed E-state index contributed by atoms with van der Waals surface area (Å²) in [6.45, 7) is 4.70. The number of carbonyl (C=O) groups is 2. The molecule has 0 saturated heterocycles. The molecule has 0 aliphatic carbocycles. The maximum Gasteiger partial charge on any atom is 0.222 e. The van der Waals surface area contributed by atoms with E-state index in [0.29, 0.717) is 11.5 Å². The first kappa shape index (κ1) is 14.6. The van der Waals surface area contributed by atoms with E-state index in [1.807, 2.05) is 19.1 Å². The van der Waals surface area contributed by atoms with Gasteiger partial charge in [0, 0.05) is 31.8 Å². The summed E-state index contributed by atoms with van der Waals surface area (Å²) in [5, 5.41) is 5.38. The molecule has 0 saturated carbocycles. The Kier molecular flexibility index (Phi) is 4.27. The second kappa shape index (κ2) is 6.13. The van der Waals surface area contributed by atoms with Crippen molar-refractivity contribution in [1.29, 1.82) is 0 Å². The second-order valence-electron chi connectivity index (χ2n) is 4.65. The van der Waals surface area contributed by atoms with Crippen LogP contribution < -0.4 is 10.6 Å². The third kappa shape index (κ3) is 3.85. The van der Waals surface area contributed by atoms with E-state index in [1.54, 1.807) is 18.5 Å². The van der Waals surface area contributed by atoms with Gasteiger partial charge in [-0.05, 0) is 30.7 Å². The summed E-state index contributed by atoms with van der Waals surface area (Å²) in [5.74, 6) is 0.146. The summed E-state index contributed by atoms with van der Waals surface area (Å²) in [6, 6.07) is 5.41. The van der Waals surface area contributed by atoms with Crippen LogP contribution in [0.25, 0.3) is 11.1 Å². The van der Waals surface area contributed by atoms with Gasteiger partial charge in [0.25, 0.3) is 0 Å². The summed E-state index contributed by atoms with van der Waals surface area (Å²) >= 11 is 0. The number of aryl methyl sites for hydroxylation is 1. The molecule has 2 rings (SSSR count). The normalized spacial score (nSPS) is 10.0. The number of nitrogens with zero attached hydrogens (tertiary/aromatic N) is 2. The Morgan fingerprint density at radius 3 is 2.38 bits per heavy atom. The Hall–Kier alpha value is -2.76. The molecule has 0 fully saturated rings. The number of rotatable bonds is 3. The maximum absolute atomic E-state index is 11.2. The van der Waals surface area contributed by atoms with Crippen LogP contribution >= 0.6 is 0 Å². The van der Waals surface area contributed by atoms with Crippen LogP contribution in [-0.2, 0) is 9.59 Å². The molecule has 6 nitrogen and oxygen atoms in total. The topological polar surface area (TPSA) is 84.0 Å². The molecule has 108 valence electrons. The van der Waals surface area contributed by atoms with Gasteiger partial charge in [-0.2, -0.15) is 0 Å². The third-order valence-corrected chi connectivity index (χ3v) is 2.79. The number of hydrogen-bond donors (Lipinski definition) is 2. The average Bonchev–Trinajstić information content (AvgIpc) is 2.40. The molecule has 0 aliphatic rings. The van der Waals surface area contributed by atoms with Crippen LogP contribution in [0.4, 0.5) is 11.5 Å². The molecule has 2 aromatic heterocycles. The van der Waals surface area contributed by atoms with Gasteiger partial charge in [0.05, 0.1) is 11.4 Å². The fraction of sp³-hybridized carbons (Fsp3) is 0.200. The number of nitrogens with one attached hydrogen (secondary N) is 2. The summed E-state index contributed by atoms with van der Waals surface area (Å²) in [7, 11) is 0. The number of aromatic nitrogens is 2. The van der Waals surface area contributed by atoms with E-state index < -0.39 is 0 Å². The average molecular weight is 284 g/mol. The van der Waals surface area contributed by atoms with Crippen LogP contribution in [0.15, 0.2) is 30.6 Å². The zero-order valence-corrected chi connectivity index (χ0v) is 12.1. The molecule has 0 aromatic carbocycles. The molecule has 0 bridgehead atoms. The zero-order chi connectivity index (χ0) is 15.4. The lowest BCUT2D eigenvalue weighted by Crippen LogP contribution is -2.08. The van der Waals surface area contributed by atoms with Crippen LogP contribution in [0.5, 0.6) is 0 Å². The molecule has 0 aliphatic heterocycles. The van der Waals surface area contributed by atoms with Crippen molar-refractivity contribution in [3.63, 3.8) is 0 Å². The van der Waals surface area contributed by atoms with Gasteiger partial charge in [0.15, 0.2) is 0 Å².